The average Bonchev–Trinajstić information content (AvgIpc) is 3.18. The van der Waals surface area contributed by atoms with Crippen LogP contribution in [-0.4, -0.2) is 39.4 Å². The highest BCUT2D eigenvalue weighted by atomic mass is 16.2. The van der Waals surface area contributed by atoms with Gasteiger partial charge < -0.3 is 15.2 Å². The molecular formula is C23H28N4O. The number of hydrogen-bond acceptors (Lipinski definition) is 3. The predicted molar refractivity (Wildman–Crippen MR) is 112 cm³/mol. The summed E-state index contributed by atoms with van der Waals surface area (Å²) in [6.45, 7) is 3.63. The number of nitrogens with zero attached hydrogens (tertiary/aromatic N) is 2. The second kappa shape index (κ2) is 8.57. The van der Waals surface area contributed by atoms with E-state index in [-0.39, 0.29) is 11.9 Å². The Morgan fingerprint density at radius 3 is 2.71 bits per heavy atom. The number of rotatable bonds is 6. The first-order valence-corrected chi connectivity index (χ1v) is 10.3. The molecule has 5 heteroatoms. The van der Waals surface area contributed by atoms with Gasteiger partial charge >= 0.3 is 0 Å². The van der Waals surface area contributed by atoms with Crippen LogP contribution in [0.15, 0.2) is 54.6 Å². The monoisotopic (exact) mass is 376 g/mol. The molecule has 1 saturated carbocycles. The summed E-state index contributed by atoms with van der Waals surface area (Å²) < 4.78 is 0. The van der Waals surface area contributed by atoms with Crippen LogP contribution in [0.3, 0.4) is 0 Å². The van der Waals surface area contributed by atoms with Crippen molar-refractivity contribution >= 4 is 16.9 Å². The number of para-hydroxylation sites is 2. The Kier molecular flexibility index (Phi) is 5.72. The first-order valence-electron chi connectivity index (χ1n) is 10.3. The maximum Gasteiger partial charge on any atom is 0.289 e. The zero-order valence-electron chi connectivity index (χ0n) is 16.4. The summed E-state index contributed by atoms with van der Waals surface area (Å²) in [5.74, 6) is 0.454. The Labute approximate surface area is 166 Å². The predicted octanol–water partition coefficient (Wildman–Crippen LogP) is 4.13. The molecule has 4 rings (SSSR count). The van der Waals surface area contributed by atoms with E-state index in [1.807, 2.05) is 35.2 Å². The number of nitrogens with one attached hydrogen (secondary N) is 2. The SMILES string of the molecule is CCN(C(=O)c1nc2ccccc2[nH]1)C1CCC[C@@H](NCc2ccccc2)C1. The van der Waals surface area contributed by atoms with Gasteiger partial charge in [0, 0.05) is 25.2 Å². The molecule has 5 nitrogen and oxygen atoms in total. The van der Waals surface area contributed by atoms with Crippen LogP contribution in [0.2, 0.25) is 0 Å². The molecule has 1 fully saturated rings. The summed E-state index contributed by atoms with van der Waals surface area (Å²) in [5.41, 5.74) is 3.05. The van der Waals surface area contributed by atoms with Crippen molar-refractivity contribution < 1.29 is 4.79 Å². The molecule has 1 heterocycles. The minimum Gasteiger partial charge on any atom is -0.334 e. The van der Waals surface area contributed by atoms with E-state index >= 15 is 0 Å². The van der Waals surface area contributed by atoms with Gasteiger partial charge in [-0.1, -0.05) is 42.5 Å². The molecule has 3 aromatic rings. The number of aromatic amines is 1. The molecule has 1 aliphatic carbocycles. The van der Waals surface area contributed by atoms with Crippen LogP contribution in [0.5, 0.6) is 0 Å². The van der Waals surface area contributed by atoms with Gasteiger partial charge in [0.1, 0.15) is 0 Å². The van der Waals surface area contributed by atoms with Gasteiger partial charge in [0.25, 0.3) is 5.91 Å². The van der Waals surface area contributed by atoms with Crippen molar-refractivity contribution in [2.24, 2.45) is 0 Å². The molecule has 1 aromatic heterocycles. The molecule has 0 saturated heterocycles. The number of carbonyl (C=O) groups is 1. The second-order valence-electron chi connectivity index (χ2n) is 7.58. The first kappa shape index (κ1) is 18.7. The van der Waals surface area contributed by atoms with Gasteiger partial charge in [0.15, 0.2) is 5.82 Å². The topological polar surface area (TPSA) is 61.0 Å². The minimum absolute atomic E-state index is 0.00686. The third-order valence-corrected chi connectivity index (χ3v) is 5.72. The van der Waals surface area contributed by atoms with E-state index in [1.165, 1.54) is 12.0 Å². The second-order valence-corrected chi connectivity index (χ2v) is 7.58. The van der Waals surface area contributed by atoms with E-state index in [0.717, 1.165) is 36.8 Å². The van der Waals surface area contributed by atoms with Crippen molar-refractivity contribution in [2.45, 2.75) is 51.2 Å². The molecular weight excluding hydrogens is 348 g/mol. The molecule has 0 spiro atoms. The van der Waals surface area contributed by atoms with E-state index in [4.69, 9.17) is 0 Å². The summed E-state index contributed by atoms with van der Waals surface area (Å²) in [6, 6.07) is 19.0. The lowest BCUT2D eigenvalue weighted by molar-refractivity contribution is 0.0617. The third kappa shape index (κ3) is 4.09. The van der Waals surface area contributed by atoms with Gasteiger partial charge in [-0.3, -0.25) is 4.79 Å². The summed E-state index contributed by atoms with van der Waals surface area (Å²) in [5, 5.41) is 3.69. The number of imidazole rings is 1. The number of aromatic nitrogens is 2. The lowest BCUT2D eigenvalue weighted by atomic mass is 9.89. The van der Waals surface area contributed by atoms with E-state index in [1.54, 1.807) is 0 Å². The van der Waals surface area contributed by atoms with Gasteiger partial charge in [-0.15, -0.1) is 0 Å². The Balaban J connectivity index is 1.42. The number of fused-ring (bicyclic) bond motifs is 1. The van der Waals surface area contributed by atoms with Gasteiger partial charge in [-0.2, -0.15) is 0 Å². The van der Waals surface area contributed by atoms with Crippen molar-refractivity contribution in [3.05, 3.63) is 66.0 Å². The van der Waals surface area contributed by atoms with Crippen molar-refractivity contribution in [2.75, 3.05) is 6.54 Å². The quantitative estimate of drug-likeness (QED) is 0.680. The molecule has 1 aliphatic rings. The van der Waals surface area contributed by atoms with E-state index in [2.05, 4.69) is 46.5 Å². The minimum atomic E-state index is 0.00686. The maximum atomic E-state index is 13.1. The smallest absolute Gasteiger partial charge is 0.289 e. The Morgan fingerprint density at radius 2 is 1.93 bits per heavy atom. The van der Waals surface area contributed by atoms with Gasteiger partial charge in [-0.05, 0) is 50.3 Å². The number of carbonyl (C=O) groups excluding carboxylic acids is 1. The van der Waals surface area contributed by atoms with Crippen LogP contribution in [0.4, 0.5) is 0 Å². The first-order chi connectivity index (χ1) is 13.7. The van der Waals surface area contributed by atoms with E-state index in [0.29, 0.717) is 18.4 Å². The highest BCUT2D eigenvalue weighted by Crippen LogP contribution is 2.25. The van der Waals surface area contributed by atoms with Crippen molar-refractivity contribution in [1.29, 1.82) is 0 Å². The summed E-state index contributed by atoms with van der Waals surface area (Å²) in [7, 11) is 0. The summed E-state index contributed by atoms with van der Waals surface area (Å²) in [6.07, 6.45) is 4.36. The molecule has 1 amide bonds. The highest BCUT2D eigenvalue weighted by Gasteiger charge is 2.30. The zero-order valence-corrected chi connectivity index (χ0v) is 16.4. The number of benzene rings is 2. The molecule has 0 radical (unpaired) electrons. The summed E-state index contributed by atoms with van der Waals surface area (Å²) >= 11 is 0. The van der Waals surface area contributed by atoms with Crippen LogP contribution in [0.25, 0.3) is 11.0 Å². The van der Waals surface area contributed by atoms with Crippen LogP contribution >= 0.6 is 0 Å². The fourth-order valence-corrected chi connectivity index (χ4v) is 4.25. The largest absolute Gasteiger partial charge is 0.334 e. The van der Waals surface area contributed by atoms with Crippen molar-refractivity contribution in [3.8, 4) is 0 Å². The molecule has 28 heavy (non-hydrogen) atoms. The lowest BCUT2D eigenvalue weighted by Crippen LogP contribution is -2.47. The molecule has 1 unspecified atom stereocenters. The zero-order chi connectivity index (χ0) is 19.3. The third-order valence-electron chi connectivity index (χ3n) is 5.72. The van der Waals surface area contributed by atoms with Gasteiger partial charge in [0.05, 0.1) is 11.0 Å². The Morgan fingerprint density at radius 1 is 1.14 bits per heavy atom. The average molecular weight is 377 g/mol. The molecule has 0 bridgehead atoms. The molecule has 0 aliphatic heterocycles. The normalized spacial score (nSPS) is 19.6. The number of hydrogen-bond donors (Lipinski definition) is 2. The molecule has 2 aromatic carbocycles. The maximum absolute atomic E-state index is 13.1. The van der Waals surface area contributed by atoms with Crippen molar-refractivity contribution in [3.63, 3.8) is 0 Å². The lowest BCUT2D eigenvalue weighted by Gasteiger charge is -2.37. The molecule has 2 atom stereocenters. The van der Waals surface area contributed by atoms with Gasteiger partial charge in [0.2, 0.25) is 0 Å². The van der Waals surface area contributed by atoms with Gasteiger partial charge in [-0.25, -0.2) is 4.98 Å². The van der Waals surface area contributed by atoms with Crippen LogP contribution in [-0.2, 0) is 6.54 Å². The van der Waals surface area contributed by atoms with Crippen molar-refractivity contribution in [1.82, 2.24) is 20.2 Å². The van der Waals surface area contributed by atoms with Crippen LogP contribution in [0.1, 0.15) is 48.8 Å². The highest BCUT2D eigenvalue weighted by molar-refractivity contribution is 5.94. The Bertz CT molecular complexity index is 888. The van der Waals surface area contributed by atoms with E-state index < -0.39 is 0 Å². The number of H-pyrrole nitrogens is 1. The van der Waals surface area contributed by atoms with Crippen LogP contribution < -0.4 is 5.32 Å². The Hall–Kier alpha value is -2.66. The fraction of sp³-hybridized carbons (Fsp3) is 0.391. The van der Waals surface area contributed by atoms with E-state index in [9.17, 15) is 4.79 Å². The fourth-order valence-electron chi connectivity index (χ4n) is 4.25. The summed E-state index contributed by atoms with van der Waals surface area (Å²) in [4.78, 5) is 22.8. The molecule has 2 N–H and O–H groups in total. The standard InChI is InChI=1S/C23H28N4O/c1-2-27(23(28)22-25-20-13-6-7-14-21(20)26-22)19-12-8-11-18(15-19)24-16-17-9-4-3-5-10-17/h3-7,9-10,13-14,18-19,24H,2,8,11-12,15-16H2,1H3,(H,25,26)/t18-,19?/m1/s1. The van der Waals surface area contributed by atoms with Crippen LogP contribution in [0, 0.1) is 0 Å². The number of amides is 1. The molecule has 146 valence electrons.